The summed E-state index contributed by atoms with van der Waals surface area (Å²) in [7, 11) is -3.50. The van der Waals surface area contributed by atoms with Crippen LogP contribution in [0.4, 0.5) is 0 Å². The zero-order valence-corrected chi connectivity index (χ0v) is 13.4. The fourth-order valence-electron chi connectivity index (χ4n) is 2.21. The van der Waals surface area contributed by atoms with E-state index in [9.17, 15) is 8.42 Å². The molecule has 5 nitrogen and oxygen atoms in total. The first-order valence-corrected chi connectivity index (χ1v) is 8.94. The molecule has 0 radical (unpaired) electrons. The summed E-state index contributed by atoms with van der Waals surface area (Å²) in [6.45, 7) is 6.21. The molecule has 1 saturated heterocycles. The van der Waals surface area contributed by atoms with Crippen molar-refractivity contribution >= 4 is 33.0 Å². The molecule has 0 spiro atoms. The summed E-state index contributed by atoms with van der Waals surface area (Å²) in [4.78, 5) is 6.24. The van der Waals surface area contributed by atoms with Gasteiger partial charge in [0.15, 0.2) is 8.68 Å². The van der Waals surface area contributed by atoms with Gasteiger partial charge in [-0.05, 0) is 39.8 Å². The lowest BCUT2D eigenvalue weighted by atomic mass is 10.3. The number of aryl methyl sites for hydroxylation is 1. The summed E-state index contributed by atoms with van der Waals surface area (Å²) in [5, 5.41) is 0. The Hall–Kier alpha value is -0.210. The smallest absolute Gasteiger partial charge is 0.252 e. The third-order valence-corrected chi connectivity index (χ3v) is 6.60. The van der Waals surface area contributed by atoms with Gasteiger partial charge in [-0.25, -0.2) is 18.1 Å². The van der Waals surface area contributed by atoms with Crippen molar-refractivity contribution in [2.24, 2.45) is 0 Å². The van der Waals surface area contributed by atoms with Crippen LogP contribution in [-0.4, -0.2) is 44.0 Å². The molecule has 19 heavy (non-hydrogen) atoms. The van der Waals surface area contributed by atoms with Crippen LogP contribution in [0.2, 0.25) is 4.47 Å². The predicted octanol–water partition coefficient (Wildman–Crippen LogP) is 1.87. The Morgan fingerprint density at radius 1 is 1.47 bits per heavy atom. The fourth-order valence-corrected chi connectivity index (χ4v) is 5.11. The largest absolute Gasteiger partial charge is 0.299 e. The van der Waals surface area contributed by atoms with Crippen molar-refractivity contribution in [3.8, 4) is 0 Å². The van der Waals surface area contributed by atoms with Gasteiger partial charge in [0, 0.05) is 12.6 Å². The van der Waals surface area contributed by atoms with Crippen LogP contribution in [-0.2, 0) is 10.0 Å². The van der Waals surface area contributed by atoms with Gasteiger partial charge in [0.1, 0.15) is 0 Å². The highest BCUT2D eigenvalue weighted by Crippen LogP contribution is 2.26. The van der Waals surface area contributed by atoms with Crippen LogP contribution >= 0.6 is 22.9 Å². The van der Waals surface area contributed by atoms with E-state index in [2.05, 4.69) is 14.6 Å². The number of thiazole rings is 1. The Bertz CT molecular complexity index is 538. The normalized spacial score (nSPS) is 18.9. The van der Waals surface area contributed by atoms with Crippen molar-refractivity contribution in [1.82, 2.24) is 14.6 Å². The van der Waals surface area contributed by atoms with Crippen LogP contribution in [0.25, 0.3) is 0 Å². The number of nitrogens with zero attached hydrogens (tertiary/aromatic N) is 2. The van der Waals surface area contributed by atoms with Gasteiger partial charge in [-0.1, -0.05) is 22.9 Å². The highest BCUT2D eigenvalue weighted by molar-refractivity contribution is 7.91. The summed E-state index contributed by atoms with van der Waals surface area (Å²) in [5.74, 6) is 0. The molecular weight excluding hydrogens is 306 g/mol. The summed E-state index contributed by atoms with van der Waals surface area (Å²) in [6, 6.07) is 0.209. The Kier molecular flexibility index (Phi) is 4.84. The number of likely N-dealkylation sites (tertiary alicyclic amines) is 1. The molecule has 0 aliphatic carbocycles. The van der Waals surface area contributed by atoms with E-state index < -0.39 is 10.0 Å². The van der Waals surface area contributed by atoms with Crippen molar-refractivity contribution in [3.63, 3.8) is 0 Å². The number of rotatable bonds is 5. The quantitative estimate of drug-likeness (QED) is 0.898. The number of halogens is 1. The van der Waals surface area contributed by atoms with E-state index in [1.807, 2.05) is 6.92 Å². The van der Waals surface area contributed by atoms with Crippen LogP contribution in [0.15, 0.2) is 4.21 Å². The molecule has 0 amide bonds. The fraction of sp³-hybridized carbons (Fsp3) is 0.727. The molecule has 1 aromatic rings. The van der Waals surface area contributed by atoms with Crippen molar-refractivity contribution in [3.05, 3.63) is 10.2 Å². The maximum absolute atomic E-state index is 12.2. The molecule has 0 saturated carbocycles. The van der Waals surface area contributed by atoms with Crippen molar-refractivity contribution in [2.75, 3.05) is 19.6 Å². The highest BCUT2D eigenvalue weighted by Gasteiger charge is 2.24. The molecule has 2 heterocycles. The molecule has 1 N–H and O–H groups in total. The molecule has 1 atom stereocenters. The van der Waals surface area contributed by atoms with Crippen LogP contribution < -0.4 is 4.72 Å². The lowest BCUT2D eigenvalue weighted by Crippen LogP contribution is -2.40. The maximum Gasteiger partial charge on any atom is 0.252 e. The van der Waals surface area contributed by atoms with E-state index >= 15 is 0 Å². The Morgan fingerprint density at radius 3 is 2.63 bits per heavy atom. The molecule has 1 aromatic heterocycles. The van der Waals surface area contributed by atoms with Crippen LogP contribution in [0.3, 0.4) is 0 Å². The molecule has 1 aliphatic rings. The molecule has 0 bridgehead atoms. The van der Waals surface area contributed by atoms with Crippen LogP contribution in [0.5, 0.6) is 0 Å². The molecule has 1 unspecified atom stereocenters. The van der Waals surface area contributed by atoms with E-state index in [1.165, 1.54) is 12.8 Å². The monoisotopic (exact) mass is 323 g/mol. The standard InChI is InChI=1S/C11H18ClN3O2S2/c1-8(15-5-3-4-6-15)7-13-19(16,17)10-9(2)14-11(12)18-10/h8,13H,3-7H2,1-2H3. The number of hydrogen-bond donors (Lipinski definition) is 1. The molecule has 8 heteroatoms. The Balaban J connectivity index is 1.99. The van der Waals surface area contributed by atoms with Crippen LogP contribution in [0, 0.1) is 6.92 Å². The molecule has 0 aromatic carbocycles. The third kappa shape index (κ3) is 3.66. The molecule has 2 rings (SSSR count). The summed E-state index contributed by atoms with van der Waals surface area (Å²) in [6.07, 6.45) is 2.39. The lowest BCUT2D eigenvalue weighted by Gasteiger charge is -2.23. The van der Waals surface area contributed by atoms with Gasteiger partial charge < -0.3 is 0 Å². The number of nitrogens with one attached hydrogen (secondary N) is 1. The van der Waals surface area contributed by atoms with Gasteiger partial charge in [0.05, 0.1) is 5.69 Å². The minimum absolute atomic E-state index is 0.209. The second kappa shape index (κ2) is 6.05. The number of hydrogen-bond acceptors (Lipinski definition) is 5. The van der Waals surface area contributed by atoms with Crippen molar-refractivity contribution in [1.29, 1.82) is 0 Å². The average Bonchev–Trinajstić information content (AvgIpc) is 2.96. The second-order valence-corrected chi connectivity index (χ2v) is 8.33. The van der Waals surface area contributed by atoms with E-state index in [1.54, 1.807) is 6.92 Å². The SMILES string of the molecule is Cc1nc(Cl)sc1S(=O)(=O)NCC(C)N1CCCC1. The van der Waals surface area contributed by atoms with Crippen molar-refractivity contribution in [2.45, 2.75) is 36.9 Å². The molecule has 1 fully saturated rings. The second-order valence-electron chi connectivity index (χ2n) is 4.78. The van der Waals surface area contributed by atoms with E-state index in [0.717, 1.165) is 24.4 Å². The zero-order valence-electron chi connectivity index (χ0n) is 11.0. The topological polar surface area (TPSA) is 62.3 Å². The van der Waals surface area contributed by atoms with Crippen molar-refractivity contribution < 1.29 is 8.42 Å². The van der Waals surface area contributed by atoms with Gasteiger partial charge in [-0.15, -0.1) is 0 Å². The molecule has 108 valence electrons. The number of sulfonamides is 1. The number of aromatic nitrogens is 1. The van der Waals surface area contributed by atoms with E-state index in [0.29, 0.717) is 12.2 Å². The van der Waals surface area contributed by atoms with Gasteiger partial charge in [-0.2, -0.15) is 0 Å². The van der Waals surface area contributed by atoms with E-state index in [4.69, 9.17) is 11.6 Å². The lowest BCUT2D eigenvalue weighted by molar-refractivity contribution is 0.260. The Morgan fingerprint density at radius 2 is 2.11 bits per heavy atom. The minimum atomic E-state index is -3.50. The predicted molar refractivity (Wildman–Crippen MR) is 77.3 cm³/mol. The molecular formula is C11H18ClN3O2S2. The van der Waals surface area contributed by atoms with Crippen LogP contribution in [0.1, 0.15) is 25.5 Å². The summed E-state index contributed by atoms with van der Waals surface area (Å²) in [5.41, 5.74) is 0.455. The van der Waals surface area contributed by atoms with Gasteiger partial charge >= 0.3 is 0 Å². The maximum atomic E-state index is 12.2. The molecule has 1 aliphatic heterocycles. The van der Waals surface area contributed by atoms with E-state index in [-0.39, 0.29) is 14.7 Å². The highest BCUT2D eigenvalue weighted by atomic mass is 35.5. The van der Waals surface area contributed by atoms with Gasteiger partial charge in [0.2, 0.25) is 0 Å². The van der Waals surface area contributed by atoms with Gasteiger partial charge in [-0.3, -0.25) is 4.90 Å². The first-order valence-electron chi connectivity index (χ1n) is 6.27. The van der Waals surface area contributed by atoms with Gasteiger partial charge in [0.25, 0.3) is 10.0 Å². The average molecular weight is 324 g/mol. The third-order valence-electron chi connectivity index (χ3n) is 3.30. The first-order chi connectivity index (χ1) is 8.90. The summed E-state index contributed by atoms with van der Waals surface area (Å²) >= 11 is 6.74. The summed E-state index contributed by atoms with van der Waals surface area (Å²) < 4.78 is 27.5. The Labute approximate surface area is 123 Å². The minimum Gasteiger partial charge on any atom is -0.299 e. The first kappa shape index (κ1) is 15.2. The zero-order chi connectivity index (χ0) is 14.0.